The molecule has 0 aliphatic heterocycles. The average Bonchev–Trinajstić information content (AvgIpc) is 1.85. The molecule has 5 heteroatoms. The molecule has 1 heterocycles. The highest BCUT2D eigenvalue weighted by Gasteiger charge is 2.07. The summed E-state index contributed by atoms with van der Waals surface area (Å²) in [7, 11) is 0. The van der Waals surface area contributed by atoms with E-state index in [1.807, 2.05) is 22.6 Å². The summed E-state index contributed by atoms with van der Waals surface area (Å²) in [6, 6.07) is 1.51. The molecular weight excluding hydrogens is 280 g/mol. The lowest BCUT2D eigenvalue weighted by Crippen LogP contribution is -2.00. The first-order valence-electron chi connectivity index (χ1n) is 2.65. The zero-order valence-corrected chi connectivity index (χ0v) is 8.13. The predicted molar refractivity (Wildman–Crippen MR) is 48.9 cm³/mol. The van der Waals surface area contributed by atoms with Crippen LogP contribution in [0.4, 0.5) is 0 Å². The molecule has 1 rings (SSSR count). The Bertz CT molecular complexity index is 303. The van der Waals surface area contributed by atoms with E-state index >= 15 is 0 Å². The summed E-state index contributed by atoms with van der Waals surface area (Å²) in [6.45, 7) is 0. The fourth-order valence-corrected chi connectivity index (χ4v) is 1.57. The number of hydrogen-bond donors (Lipinski definition) is 1. The zero-order valence-electron chi connectivity index (χ0n) is 5.21. The van der Waals surface area contributed by atoms with Gasteiger partial charge in [0, 0.05) is 9.77 Å². The smallest absolute Gasteiger partial charge is 0.338 e. The van der Waals surface area contributed by atoms with Gasteiger partial charge in [0.2, 0.25) is 0 Å². The van der Waals surface area contributed by atoms with Gasteiger partial charge in [-0.05, 0) is 28.7 Å². The molecule has 58 valence electrons. The Morgan fingerprint density at radius 3 is 2.82 bits per heavy atom. The number of halogens is 2. The summed E-state index contributed by atoms with van der Waals surface area (Å²) in [4.78, 5) is 14.1. The summed E-state index contributed by atoms with van der Waals surface area (Å²) in [5.41, 5.74) is 0.176. The first kappa shape index (κ1) is 8.73. The molecule has 0 radical (unpaired) electrons. The topological polar surface area (TPSA) is 50.2 Å². The lowest BCUT2D eigenvalue weighted by Gasteiger charge is -1.96. The molecular formula is C6H3ClINO2. The van der Waals surface area contributed by atoms with Crippen molar-refractivity contribution in [2.45, 2.75) is 0 Å². The van der Waals surface area contributed by atoms with Gasteiger partial charge in [-0.3, -0.25) is 0 Å². The number of carboxylic acids is 1. The number of aromatic nitrogens is 1. The fourth-order valence-electron chi connectivity index (χ4n) is 0.565. The van der Waals surface area contributed by atoms with Gasteiger partial charge >= 0.3 is 5.97 Å². The summed E-state index contributed by atoms with van der Waals surface area (Å²) in [5.74, 6) is -0.987. The second-order valence-corrected chi connectivity index (χ2v) is 3.34. The van der Waals surface area contributed by atoms with Crippen LogP contribution in [0, 0.1) is 3.57 Å². The number of carboxylic acid groups (broad SMARTS) is 1. The van der Waals surface area contributed by atoms with Crippen molar-refractivity contribution < 1.29 is 9.90 Å². The molecule has 0 amide bonds. The van der Waals surface area contributed by atoms with Crippen molar-refractivity contribution in [1.82, 2.24) is 4.98 Å². The second kappa shape index (κ2) is 3.36. The highest BCUT2D eigenvalue weighted by atomic mass is 127. The van der Waals surface area contributed by atoms with Crippen LogP contribution in [-0.2, 0) is 0 Å². The highest BCUT2D eigenvalue weighted by molar-refractivity contribution is 14.1. The highest BCUT2D eigenvalue weighted by Crippen LogP contribution is 2.14. The van der Waals surface area contributed by atoms with Crippen LogP contribution in [0.25, 0.3) is 0 Å². The van der Waals surface area contributed by atoms with Crippen LogP contribution >= 0.6 is 34.2 Å². The summed E-state index contributed by atoms with van der Waals surface area (Å²) >= 11 is 7.41. The lowest BCUT2D eigenvalue weighted by molar-refractivity contribution is 0.0695. The number of pyridine rings is 1. The van der Waals surface area contributed by atoms with Gasteiger partial charge in [-0.15, -0.1) is 0 Å². The minimum Gasteiger partial charge on any atom is -0.478 e. The Morgan fingerprint density at radius 1 is 1.73 bits per heavy atom. The molecule has 0 spiro atoms. The molecule has 0 unspecified atom stereocenters. The zero-order chi connectivity index (χ0) is 8.43. The Hall–Kier alpha value is -0.360. The number of nitrogens with zero attached hydrogens (tertiary/aromatic N) is 1. The maximum atomic E-state index is 10.4. The summed E-state index contributed by atoms with van der Waals surface area (Å²) in [5, 5.41) is 8.87. The van der Waals surface area contributed by atoms with E-state index in [9.17, 15) is 4.79 Å². The van der Waals surface area contributed by atoms with Gasteiger partial charge in [0.25, 0.3) is 0 Å². The number of carbonyl (C=O) groups is 1. The summed E-state index contributed by atoms with van der Waals surface area (Å²) < 4.78 is 0.593. The molecule has 1 N–H and O–H groups in total. The molecule has 0 saturated heterocycles. The van der Waals surface area contributed by atoms with Gasteiger partial charge < -0.3 is 5.11 Å². The van der Waals surface area contributed by atoms with Gasteiger partial charge in [-0.1, -0.05) is 11.6 Å². The first-order valence-corrected chi connectivity index (χ1v) is 4.11. The van der Waals surface area contributed by atoms with Crippen LogP contribution < -0.4 is 0 Å². The number of rotatable bonds is 1. The van der Waals surface area contributed by atoms with Crippen molar-refractivity contribution in [1.29, 1.82) is 0 Å². The van der Waals surface area contributed by atoms with Crippen LogP contribution in [0.2, 0.25) is 5.15 Å². The minimum atomic E-state index is -0.987. The molecule has 0 saturated carbocycles. The SMILES string of the molecule is O=C(O)c1cnc(Cl)cc1I. The van der Waals surface area contributed by atoms with Gasteiger partial charge in [0.1, 0.15) is 5.15 Å². The molecule has 0 fully saturated rings. The third kappa shape index (κ3) is 2.03. The van der Waals surface area contributed by atoms with E-state index in [2.05, 4.69) is 4.98 Å². The van der Waals surface area contributed by atoms with Crippen LogP contribution in [0.15, 0.2) is 12.3 Å². The van der Waals surface area contributed by atoms with Crippen LogP contribution in [0.3, 0.4) is 0 Å². The van der Waals surface area contributed by atoms with Crippen molar-refractivity contribution in [3.8, 4) is 0 Å². The number of aromatic carboxylic acids is 1. The molecule has 0 aromatic carbocycles. The van der Waals surface area contributed by atoms with Crippen LogP contribution in [0.5, 0.6) is 0 Å². The Kier molecular flexibility index (Phi) is 2.67. The Labute approximate surface area is 81.5 Å². The number of hydrogen-bond acceptors (Lipinski definition) is 2. The van der Waals surface area contributed by atoms with Gasteiger partial charge in [0.15, 0.2) is 0 Å². The van der Waals surface area contributed by atoms with Crippen molar-refractivity contribution in [2.24, 2.45) is 0 Å². The monoisotopic (exact) mass is 283 g/mol. The van der Waals surface area contributed by atoms with Crippen LogP contribution in [0.1, 0.15) is 10.4 Å². The van der Waals surface area contributed by atoms with Gasteiger partial charge in [0.05, 0.1) is 5.56 Å². The third-order valence-corrected chi connectivity index (χ3v) is 2.15. The third-order valence-electron chi connectivity index (χ3n) is 1.05. The molecule has 3 nitrogen and oxygen atoms in total. The first-order chi connectivity index (χ1) is 5.11. The normalized spacial score (nSPS) is 9.64. The Morgan fingerprint density at radius 2 is 2.36 bits per heavy atom. The second-order valence-electron chi connectivity index (χ2n) is 1.79. The molecule has 11 heavy (non-hydrogen) atoms. The quantitative estimate of drug-likeness (QED) is 0.634. The molecule has 0 aliphatic carbocycles. The Balaban J connectivity index is 3.20. The van der Waals surface area contributed by atoms with Crippen LogP contribution in [-0.4, -0.2) is 16.1 Å². The van der Waals surface area contributed by atoms with Crippen molar-refractivity contribution in [2.75, 3.05) is 0 Å². The van der Waals surface area contributed by atoms with E-state index in [0.717, 1.165) is 0 Å². The molecule has 1 aromatic rings. The van der Waals surface area contributed by atoms with E-state index in [4.69, 9.17) is 16.7 Å². The summed E-state index contributed by atoms with van der Waals surface area (Å²) in [6.07, 6.45) is 1.24. The standard InChI is InChI=1S/C6H3ClINO2/c7-5-1-4(8)3(2-9-5)6(10)11/h1-2H,(H,10,11). The molecule has 1 aromatic heterocycles. The molecule has 0 atom stereocenters. The average molecular weight is 283 g/mol. The fraction of sp³-hybridized carbons (Fsp3) is 0. The van der Waals surface area contributed by atoms with Crippen molar-refractivity contribution >= 4 is 40.2 Å². The van der Waals surface area contributed by atoms with Gasteiger partial charge in [-0.25, -0.2) is 9.78 Å². The van der Waals surface area contributed by atoms with E-state index in [0.29, 0.717) is 8.72 Å². The van der Waals surface area contributed by atoms with E-state index in [-0.39, 0.29) is 5.56 Å². The molecule has 0 bridgehead atoms. The largest absolute Gasteiger partial charge is 0.478 e. The van der Waals surface area contributed by atoms with E-state index in [1.165, 1.54) is 12.3 Å². The van der Waals surface area contributed by atoms with Crippen molar-refractivity contribution in [3.05, 3.63) is 26.5 Å². The minimum absolute atomic E-state index is 0.176. The van der Waals surface area contributed by atoms with Gasteiger partial charge in [-0.2, -0.15) is 0 Å². The van der Waals surface area contributed by atoms with Crippen molar-refractivity contribution in [3.63, 3.8) is 0 Å². The van der Waals surface area contributed by atoms with E-state index < -0.39 is 5.97 Å². The maximum absolute atomic E-state index is 10.4. The molecule has 0 aliphatic rings. The lowest BCUT2D eigenvalue weighted by atomic mass is 10.3. The maximum Gasteiger partial charge on any atom is 0.338 e. The predicted octanol–water partition coefficient (Wildman–Crippen LogP) is 2.04. The van der Waals surface area contributed by atoms with E-state index in [1.54, 1.807) is 0 Å².